The van der Waals surface area contributed by atoms with Crippen LogP contribution in [0.3, 0.4) is 0 Å². The van der Waals surface area contributed by atoms with Crippen molar-refractivity contribution in [2.45, 2.75) is 38.2 Å². The van der Waals surface area contributed by atoms with Gasteiger partial charge in [0.1, 0.15) is 17.5 Å². The fourth-order valence-corrected chi connectivity index (χ4v) is 4.88. The standard InChI is InChI=1S/C30H32FN7.2C2HF3O2/c1-5-18-9-12-25(31)24(14-18)27(26-16-21-15-22(32)10-11-23(21)28(33)34-26)30-35-29(36-38(30)4)20-8-6-7-19(13-20)17-37(2)3;2*3-2(4,5)1(6)7/h6-16,27H,5,17,32H2,1-4H3,(H2,33,34);2*(H,6,7). The molecule has 278 valence electrons. The lowest BCUT2D eigenvalue weighted by Crippen LogP contribution is -2.21. The Balaban J connectivity index is 0.000000441. The number of alkyl halides is 6. The van der Waals surface area contributed by atoms with Gasteiger partial charge < -0.3 is 26.6 Å². The van der Waals surface area contributed by atoms with Gasteiger partial charge in [0.2, 0.25) is 0 Å². The van der Waals surface area contributed by atoms with E-state index >= 15 is 4.39 Å². The third-order valence-electron chi connectivity index (χ3n) is 7.20. The molecular formula is C34H34F7N7O4. The molecule has 1 unspecified atom stereocenters. The third-order valence-corrected chi connectivity index (χ3v) is 7.20. The number of carboxylic acid groups (broad SMARTS) is 2. The van der Waals surface area contributed by atoms with Crippen molar-refractivity contribution >= 4 is 34.2 Å². The number of aliphatic carboxylic acids is 2. The lowest BCUT2D eigenvalue weighted by Gasteiger charge is -2.19. The number of nitrogen functional groups attached to an aromatic ring is 2. The highest BCUT2D eigenvalue weighted by Gasteiger charge is 2.39. The molecule has 0 aliphatic rings. The summed E-state index contributed by atoms with van der Waals surface area (Å²) in [6, 6.07) is 20.8. The molecule has 0 amide bonds. The monoisotopic (exact) mass is 737 g/mol. The number of nitrogens with zero attached hydrogens (tertiary/aromatic N) is 5. The van der Waals surface area contributed by atoms with Crippen LogP contribution in [0.5, 0.6) is 0 Å². The van der Waals surface area contributed by atoms with E-state index in [0.29, 0.717) is 34.4 Å². The number of aryl methyl sites for hydroxylation is 2. The first kappa shape index (κ1) is 40.6. The maximum absolute atomic E-state index is 15.5. The van der Waals surface area contributed by atoms with Crippen LogP contribution < -0.4 is 11.5 Å². The minimum Gasteiger partial charge on any atom is -0.475 e. The second-order valence-corrected chi connectivity index (χ2v) is 11.5. The van der Waals surface area contributed by atoms with Crippen LogP contribution in [-0.4, -0.2) is 73.2 Å². The summed E-state index contributed by atoms with van der Waals surface area (Å²) in [5, 5.41) is 20.6. The van der Waals surface area contributed by atoms with E-state index in [0.717, 1.165) is 40.4 Å². The minimum atomic E-state index is -5.08. The smallest absolute Gasteiger partial charge is 0.475 e. The van der Waals surface area contributed by atoms with Crippen molar-refractivity contribution in [3.8, 4) is 11.4 Å². The van der Waals surface area contributed by atoms with Crippen molar-refractivity contribution in [1.29, 1.82) is 0 Å². The molecule has 2 aromatic heterocycles. The number of fused-ring (bicyclic) bond motifs is 1. The summed E-state index contributed by atoms with van der Waals surface area (Å²) in [7, 11) is 5.89. The number of hydrogen-bond acceptors (Lipinski definition) is 8. The number of hydrogen-bond donors (Lipinski definition) is 4. The molecule has 0 spiro atoms. The summed E-state index contributed by atoms with van der Waals surface area (Å²) in [4.78, 5) is 29.6. The highest BCUT2D eigenvalue weighted by molar-refractivity contribution is 5.93. The predicted molar refractivity (Wildman–Crippen MR) is 179 cm³/mol. The van der Waals surface area contributed by atoms with Crippen LogP contribution in [0.25, 0.3) is 22.2 Å². The van der Waals surface area contributed by atoms with Gasteiger partial charge in [-0.05, 0) is 73.4 Å². The van der Waals surface area contributed by atoms with Crippen molar-refractivity contribution in [2.75, 3.05) is 25.6 Å². The maximum Gasteiger partial charge on any atom is 0.490 e. The summed E-state index contributed by atoms with van der Waals surface area (Å²) < 4.78 is 80.7. The fourth-order valence-electron chi connectivity index (χ4n) is 4.88. The lowest BCUT2D eigenvalue weighted by atomic mass is 9.91. The molecule has 3 aromatic carbocycles. The zero-order valence-corrected chi connectivity index (χ0v) is 28.1. The van der Waals surface area contributed by atoms with Gasteiger partial charge in [-0.15, -0.1) is 0 Å². The number of benzene rings is 3. The van der Waals surface area contributed by atoms with Crippen LogP contribution in [-0.2, 0) is 29.6 Å². The molecule has 0 aliphatic carbocycles. The number of carbonyl (C=O) groups is 2. The topological polar surface area (TPSA) is 173 Å². The van der Waals surface area contributed by atoms with Crippen LogP contribution in [0.15, 0.2) is 66.7 Å². The molecule has 18 heteroatoms. The van der Waals surface area contributed by atoms with Crippen LogP contribution in [0, 0.1) is 5.82 Å². The van der Waals surface area contributed by atoms with Gasteiger partial charge in [-0.25, -0.2) is 23.9 Å². The van der Waals surface area contributed by atoms with E-state index in [1.54, 1.807) is 16.8 Å². The Bertz CT molecular complexity index is 2020. The number of nitrogens with two attached hydrogens (primary N) is 2. The van der Waals surface area contributed by atoms with Crippen molar-refractivity contribution in [1.82, 2.24) is 24.6 Å². The van der Waals surface area contributed by atoms with E-state index in [4.69, 9.17) is 46.3 Å². The van der Waals surface area contributed by atoms with Crippen LogP contribution in [0.2, 0.25) is 0 Å². The largest absolute Gasteiger partial charge is 0.490 e. The van der Waals surface area contributed by atoms with E-state index in [9.17, 15) is 26.3 Å². The summed E-state index contributed by atoms with van der Waals surface area (Å²) in [6.45, 7) is 2.84. The van der Waals surface area contributed by atoms with Crippen LogP contribution in [0.1, 0.15) is 41.1 Å². The van der Waals surface area contributed by atoms with E-state index in [2.05, 4.69) is 17.0 Å². The van der Waals surface area contributed by atoms with Crippen molar-refractivity contribution in [3.05, 3.63) is 101 Å². The molecular weight excluding hydrogens is 703 g/mol. The highest BCUT2D eigenvalue weighted by Crippen LogP contribution is 2.36. The maximum atomic E-state index is 15.5. The van der Waals surface area contributed by atoms with Gasteiger partial charge in [-0.2, -0.15) is 31.4 Å². The second kappa shape index (κ2) is 16.5. The van der Waals surface area contributed by atoms with Crippen LogP contribution >= 0.6 is 0 Å². The van der Waals surface area contributed by atoms with E-state index in [1.807, 2.05) is 64.5 Å². The molecule has 0 saturated carbocycles. The Hall–Kier alpha value is -5.78. The Labute approximate surface area is 292 Å². The normalized spacial score (nSPS) is 12.1. The molecule has 0 saturated heterocycles. The number of pyridine rings is 1. The zero-order valence-electron chi connectivity index (χ0n) is 28.1. The second-order valence-electron chi connectivity index (χ2n) is 11.5. The molecule has 5 rings (SSSR count). The van der Waals surface area contributed by atoms with Gasteiger partial charge in [0.15, 0.2) is 5.82 Å². The van der Waals surface area contributed by atoms with Gasteiger partial charge >= 0.3 is 24.3 Å². The average molecular weight is 738 g/mol. The molecule has 0 fully saturated rings. The number of anilines is 2. The van der Waals surface area contributed by atoms with Gasteiger partial charge in [-0.3, -0.25) is 4.68 Å². The molecule has 6 N–H and O–H groups in total. The summed E-state index contributed by atoms with van der Waals surface area (Å²) in [6.07, 6.45) is -9.40. The number of rotatable bonds is 7. The van der Waals surface area contributed by atoms with Gasteiger partial charge in [-0.1, -0.05) is 37.3 Å². The van der Waals surface area contributed by atoms with Gasteiger partial charge in [0.25, 0.3) is 0 Å². The van der Waals surface area contributed by atoms with Gasteiger partial charge in [0.05, 0.1) is 11.6 Å². The van der Waals surface area contributed by atoms with E-state index < -0.39 is 30.2 Å². The number of halogens is 7. The third kappa shape index (κ3) is 10.6. The summed E-state index contributed by atoms with van der Waals surface area (Å²) >= 11 is 0. The Morgan fingerprint density at radius 2 is 1.48 bits per heavy atom. The molecule has 0 bridgehead atoms. The first-order valence-electron chi connectivity index (χ1n) is 15.1. The molecule has 1 atom stereocenters. The first-order chi connectivity index (χ1) is 24.1. The van der Waals surface area contributed by atoms with Gasteiger partial charge in [0, 0.05) is 35.8 Å². The van der Waals surface area contributed by atoms with E-state index in [-0.39, 0.29) is 5.82 Å². The highest BCUT2D eigenvalue weighted by atomic mass is 19.4. The molecule has 52 heavy (non-hydrogen) atoms. The Kier molecular flexibility index (Phi) is 12.9. The first-order valence-corrected chi connectivity index (χ1v) is 15.1. The zero-order chi connectivity index (χ0) is 39.1. The SMILES string of the molecule is CCc1ccc(F)c(C(c2cc3cc(N)ccc3c(N)n2)c2nc(-c3cccc(CN(C)C)c3)nn2C)c1.O=C(O)C(F)(F)F.O=C(O)C(F)(F)F. The Morgan fingerprint density at radius 1 is 0.865 bits per heavy atom. The van der Waals surface area contributed by atoms with Crippen molar-refractivity contribution < 1.29 is 50.5 Å². The molecule has 11 nitrogen and oxygen atoms in total. The Morgan fingerprint density at radius 3 is 2.04 bits per heavy atom. The average Bonchev–Trinajstić information content (AvgIpc) is 3.42. The van der Waals surface area contributed by atoms with Crippen LogP contribution in [0.4, 0.5) is 42.2 Å². The lowest BCUT2D eigenvalue weighted by molar-refractivity contribution is -0.193. The van der Waals surface area contributed by atoms with Crippen molar-refractivity contribution in [2.24, 2.45) is 7.05 Å². The fraction of sp³-hybridized carbons (Fsp3) is 0.265. The summed E-state index contributed by atoms with van der Waals surface area (Å²) in [5.74, 6) is -4.99. The number of aromatic nitrogens is 4. The van der Waals surface area contributed by atoms with E-state index in [1.165, 1.54) is 6.07 Å². The molecule has 0 aliphatic heterocycles. The molecule has 0 radical (unpaired) electrons. The molecule has 5 aromatic rings. The minimum absolute atomic E-state index is 0.335. The predicted octanol–water partition coefficient (Wildman–Crippen LogP) is 6.40. The quantitative estimate of drug-likeness (QED) is 0.108. The number of carboxylic acids is 2. The molecule has 2 heterocycles. The van der Waals surface area contributed by atoms with Crippen molar-refractivity contribution in [3.63, 3.8) is 0 Å². The summed E-state index contributed by atoms with van der Waals surface area (Å²) in [5.41, 5.74) is 17.2.